The van der Waals surface area contributed by atoms with E-state index in [4.69, 9.17) is 0 Å². The molecule has 124 valence electrons. The molecule has 0 unspecified atom stereocenters. The second-order valence-corrected chi connectivity index (χ2v) is 5.83. The predicted octanol–water partition coefficient (Wildman–Crippen LogP) is 3.03. The maximum absolute atomic E-state index is 13.2. The number of halogens is 2. The van der Waals surface area contributed by atoms with E-state index in [1.165, 1.54) is 18.9 Å². The van der Waals surface area contributed by atoms with Crippen molar-refractivity contribution in [2.75, 3.05) is 26.2 Å². The molecule has 1 aliphatic carbocycles. The first-order chi connectivity index (χ1) is 10.2. The van der Waals surface area contributed by atoms with E-state index in [0.29, 0.717) is 19.5 Å². The monoisotopic (exact) mass is 328 g/mol. The quantitative estimate of drug-likeness (QED) is 0.755. The van der Waals surface area contributed by atoms with E-state index in [2.05, 4.69) is 12.2 Å². The molecule has 2 rings (SSSR count). The topological polar surface area (TPSA) is 32.3 Å². The fourth-order valence-electron chi connectivity index (χ4n) is 2.40. The molecule has 1 amide bonds. The smallest absolute Gasteiger partial charge is 0.236 e. The minimum absolute atomic E-state index is 0. The van der Waals surface area contributed by atoms with Gasteiger partial charge in [0.05, 0.1) is 6.54 Å². The van der Waals surface area contributed by atoms with Crippen molar-refractivity contribution in [1.82, 2.24) is 10.2 Å². The Hall–Kier alpha value is -1.13. The number of rotatable bonds is 9. The van der Waals surface area contributed by atoms with Gasteiger partial charge in [0.25, 0.3) is 0 Å². The number of carbonyl (C=O) groups is 1. The van der Waals surface area contributed by atoms with Crippen molar-refractivity contribution < 1.29 is 9.18 Å². The summed E-state index contributed by atoms with van der Waals surface area (Å²) in [4.78, 5) is 14.1. The first-order valence-corrected chi connectivity index (χ1v) is 7.92. The normalized spacial score (nSPS) is 13.5. The predicted molar refractivity (Wildman–Crippen MR) is 89.8 cm³/mol. The largest absolute Gasteiger partial charge is 0.341 e. The fraction of sp³-hybridized carbons (Fsp3) is 0.588. The summed E-state index contributed by atoms with van der Waals surface area (Å²) in [5.74, 6) is 0.714. The third kappa shape index (κ3) is 6.75. The molecule has 3 nitrogen and oxygen atoms in total. The Kier molecular flexibility index (Phi) is 8.43. The standard InChI is InChI=1S/C17H25FN2O.ClH/c1-2-9-20(17(21)13-19-12-15-6-7-15)10-8-14-4-3-5-16(18)11-14;/h3-5,11,15,19H,2,6-10,12-13H2,1H3;1H. The Morgan fingerprint density at radius 3 is 2.77 bits per heavy atom. The van der Waals surface area contributed by atoms with Crippen LogP contribution in [0.4, 0.5) is 4.39 Å². The van der Waals surface area contributed by atoms with Gasteiger partial charge < -0.3 is 10.2 Å². The summed E-state index contributed by atoms with van der Waals surface area (Å²) in [6, 6.07) is 6.61. The fourth-order valence-corrected chi connectivity index (χ4v) is 2.40. The molecule has 0 aromatic heterocycles. The summed E-state index contributed by atoms with van der Waals surface area (Å²) in [5, 5.41) is 3.24. The van der Waals surface area contributed by atoms with Gasteiger partial charge in [-0.3, -0.25) is 4.79 Å². The van der Waals surface area contributed by atoms with Crippen molar-refractivity contribution in [2.24, 2.45) is 5.92 Å². The maximum Gasteiger partial charge on any atom is 0.236 e. The average molecular weight is 329 g/mol. The van der Waals surface area contributed by atoms with Crippen LogP contribution in [0.1, 0.15) is 31.7 Å². The van der Waals surface area contributed by atoms with Gasteiger partial charge in [-0.25, -0.2) is 4.39 Å². The molecule has 1 aromatic rings. The molecule has 0 radical (unpaired) electrons. The Balaban J connectivity index is 0.00000242. The molecule has 0 spiro atoms. The third-order valence-electron chi connectivity index (χ3n) is 3.81. The number of nitrogens with zero attached hydrogens (tertiary/aromatic N) is 1. The van der Waals surface area contributed by atoms with E-state index in [0.717, 1.165) is 31.0 Å². The van der Waals surface area contributed by atoms with E-state index >= 15 is 0 Å². The third-order valence-corrected chi connectivity index (χ3v) is 3.81. The number of benzene rings is 1. The van der Waals surface area contributed by atoms with Gasteiger partial charge in [0, 0.05) is 13.1 Å². The molecule has 22 heavy (non-hydrogen) atoms. The minimum atomic E-state index is -0.216. The van der Waals surface area contributed by atoms with Crippen LogP contribution in [-0.4, -0.2) is 37.0 Å². The summed E-state index contributed by atoms with van der Waals surface area (Å²) in [6.45, 7) is 4.86. The van der Waals surface area contributed by atoms with E-state index in [1.807, 2.05) is 11.0 Å². The average Bonchev–Trinajstić information content (AvgIpc) is 3.27. The van der Waals surface area contributed by atoms with Crippen molar-refractivity contribution in [2.45, 2.75) is 32.6 Å². The SMILES string of the molecule is CCCN(CCc1cccc(F)c1)C(=O)CNCC1CC1.Cl. The highest BCUT2D eigenvalue weighted by atomic mass is 35.5. The summed E-state index contributed by atoms with van der Waals surface area (Å²) in [5.41, 5.74) is 0.940. The van der Waals surface area contributed by atoms with Gasteiger partial charge in [-0.2, -0.15) is 0 Å². The zero-order valence-corrected chi connectivity index (χ0v) is 14.0. The van der Waals surface area contributed by atoms with E-state index in [1.54, 1.807) is 12.1 Å². The van der Waals surface area contributed by atoms with Gasteiger partial charge in [0.15, 0.2) is 0 Å². The van der Waals surface area contributed by atoms with Gasteiger partial charge in [0.1, 0.15) is 5.82 Å². The number of amides is 1. The number of hydrogen-bond acceptors (Lipinski definition) is 2. The molecule has 1 aromatic carbocycles. The molecule has 1 fully saturated rings. The molecule has 1 N–H and O–H groups in total. The zero-order valence-electron chi connectivity index (χ0n) is 13.2. The second kappa shape index (κ2) is 9.80. The highest BCUT2D eigenvalue weighted by Gasteiger charge is 2.21. The van der Waals surface area contributed by atoms with Crippen LogP contribution in [0.25, 0.3) is 0 Å². The molecule has 1 saturated carbocycles. The van der Waals surface area contributed by atoms with Crippen LogP contribution in [0, 0.1) is 11.7 Å². The van der Waals surface area contributed by atoms with E-state index in [-0.39, 0.29) is 24.1 Å². The molecule has 0 saturated heterocycles. The molecule has 1 aliphatic rings. The Morgan fingerprint density at radius 2 is 2.14 bits per heavy atom. The van der Waals surface area contributed by atoms with Crippen LogP contribution >= 0.6 is 12.4 Å². The molecule has 0 atom stereocenters. The molecule has 0 aliphatic heterocycles. The van der Waals surface area contributed by atoms with Crippen LogP contribution in [0.2, 0.25) is 0 Å². The van der Waals surface area contributed by atoms with Crippen molar-refractivity contribution in [3.63, 3.8) is 0 Å². The van der Waals surface area contributed by atoms with Crippen LogP contribution in [-0.2, 0) is 11.2 Å². The van der Waals surface area contributed by atoms with Gasteiger partial charge in [-0.05, 0) is 55.8 Å². The van der Waals surface area contributed by atoms with E-state index in [9.17, 15) is 9.18 Å². The minimum Gasteiger partial charge on any atom is -0.341 e. The summed E-state index contributed by atoms with van der Waals surface area (Å²) in [7, 11) is 0. The molecule has 5 heteroatoms. The van der Waals surface area contributed by atoms with Crippen molar-refractivity contribution in [3.05, 3.63) is 35.6 Å². The highest BCUT2D eigenvalue weighted by Crippen LogP contribution is 2.27. The molecule has 0 bridgehead atoms. The van der Waals surface area contributed by atoms with Gasteiger partial charge in [0.2, 0.25) is 5.91 Å². The number of nitrogens with one attached hydrogen (secondary N) is 1. The maximum atomic E-state index is 13.2. The van der Waals surface area contributed by atoms with Gasteiger partial charge in [-0.1, -0.05) is 19.1 Å². The van der Waals surface area contributed by atoms with Crippen LogP contribution in [0.15, 0.2) is 24.3 Å². The second-order valence-electron chi connectivity index (χ2n) is 5.83. The van der Waals surface area contributed by atoms with Crippen molar-refractivity contribution in [1.29, 1.82) is 0 Å². The lowest BCUT2D eigenvalue weighted by molar-refractivity contribution is -0.130. The Morgan fingerprint density at radius 1 is 1.36 bits per heavy atom. The molecule has 0 heterocycles. The van der Waals surface area contributed by atoms with Crippen LogP contribution < -0.4 is 5.32 Å². The Labute approximate surface area is 138 Å². The van der Waals surface area contributed by atoms with Crippen LogP contribution in [0.3, 0.4) is 0 Å². The summed E-state index contributed by atoms with van der Waals surface area (Å²) < 4.78 is 13.2. The lowest BCUT2D eigenvalue weighted by Crippen LogP contribution is -2.40. The first-order valence-electron chi connectivity index (χ1n) is 7.92. The van der Waals surface area contributed by atoms with Crippen LogP contribution in [0.5, 0.6) is 0 Å². The first kappa shape index (κ1) is 18.9. The van der Waals surface area contributed by atoms with Crippen molar-refractivity contribution >= 4 is 18.3 Å². The lowest BCUT2D eigenvalue weighted by atomic mass is 10.1. The summed E-state index contributed by atoms with van der Waals surface area (Å²) >= 11 is 0. The number of carbonyl (C=O) groups excluding carboxylic acids is 1. The molecular weight excluding hydrogens is 303 g/mol. The lowest BCUT2D eigenvalue weighted by Gasteiger charge is -2.22. The molecular formula is C17H26ClFN2O. The Bertz CT molecular complexity index is 466. The van der Waals surface area contributed by atoms with Crippen molar-refractivity contribution in [3.8, 4) is 0 Å². The van der Waals surface area contributed by atoms with E-state index < -0.39 is 0 Å². The summed E-state index contributed by atoms with van der Waals surface area (Å²) in [6.07, 6.45) is 4.22. The zero-order chi connectivity index (χ0) is 15.1. The van der Waals surface area contributed by atoms with Gasteiger partial charge >= 0.3 is 0 Å². The highest BCUT2D eigenvalue weighted by molar-refractivity contribution is 5.85. The number of hydrogen-bond donors (Lipinski definition) is 1. The van der Waals surface area contributed by atoms with Gasteiger partial charge in [-0.15, -0.1) is 12.4 Å².